The molecule has 0 aliphatic carbocycles. The van der Waals surface area contributed by atoms with Crippen LogP contribution in [0, 0.1) is 0 Å². The largest absolute Gasteiger partial charge is 0.480 e. The minimum atomic E-state index is -5.14. The number of amides is 2. The number of nitrogens with one attached hydrogen (secondary N) is 2. The highest BCUT2D eigenvalue weighted by atomic mass is 19.4. The van der Waals surface area contributed by atoms with Crippen LogP contribution in [0.2, 0.25) is 0 Å². The van der Waals surface area contributed by atoms with Gasteiger partial charge >= 0.3 is 18.1 Å². The van der Waals surface area contributed by atoms with E-state index in [0.717, 1.165) is 0 Å². The smallest absolute Gasteiger partial charge is 0.471 e. The highest BCUT2D eigenvalue weighted by molar-refractivity contribution is 5.96. The molecule has 0 aliphatic rings. The van der Waals surface area contributed by atoms with Crippen molar-refractivity contribution in [3.63, 3.8) is 0 Å². The van der Waals surface area contributed by atoms with Crippen LogP contribution in [0.3, 0.4) is 0 Å². The van der Waals surface area contributed by atoms with E-state index in [4.69, 9.17) is 5.11 Å². The molecule has 2 amide bonds. The molecule has 0 spiro atoms. The molecule has 0 aromatic carbocycles. The molecule has 0 radical (unpaired) electrons. The first-order chi connectivity index (χ1) is 10.0. The molecule has 0 heterocycles. The first kappa shape index (κ1) is 19.9. The lowest BCUT2D eigenvalue weighted by atomic mass is 10.1. The predicted octanol–water partition coefficient (Wildman–Crippen LogP) is 0.384. The van der Waals surface area contributed by atoms with Gasteiger partial charge in [-0.05, 0) is 26.2 Å². The van der Waals surface area contributed by atoms with Gasteiger partial charge in [0.15, 0.2) is 0 Å². The Morgan fingerprint density at radius 3 is 2.18 bits per heavy atom. The fourth-order valence-electron chi connectivity index (χ4n) is 1.49. The Labute approximate surface area is 124 Å². The van der Waals surface area contributed by atoms with Crippen molar-refractivity contribution in [2.45, 2.75) is 44.8 Å². The SMILES string of the molecule is CC(=O)CC(=O)NCCCCC(NC(=O)C(F)(F)F)C(=O)O. The van der Waals surface area contributed by atoms with E-state index in [-0.39, 0.29) is 31.6 Å². The Kier molecular flexibility index (Phi) is 8.13. The number of carboxylic acids is 1. The van der Waals surface area contributed by atoms with E-state index in [9.17, 15) is 32.3 Å². The molecule has 126 valence electrons. The second kappa shape index (κ2) is 9.00. The summed E-state index contributed by atoms with van der Waals surface area (Å²) in [6.45, 7) is 1.41. The Bertz CT molecular complexity index is 437. The van der Waals surface area contributed by atoms with Crippen LogP contribution >= 0.6 is 0 Å². The number of carbonyl (C=O) groups excluding carboxylic acids is 3. The molecule has 3 N–H and O–H groups in total. The van der Waals surface area contributed by atoms with Gasteiger partial charge in [0.25, 0.3) is 0 Å². The van der Waals surface area contributed by atoms with Gasteiger partial charge in [-0.25, -0.2) is 4.79 Å². The van der Waals surface area contributed by atoms with Gasteiger partial charge in [-0.3, -0.25) is 14.4 Å². The maximum Gasteiger partial charge on any atom is 0.471 e. The van der Waals surface area contributed by atoms with Crippen molar-refractivity contribution in [1.82, 2.24) is 10.6 Å². The van der Waals surface area contributed by atoms with Crippen LogP contribution in [0.5, 0.6) is 0 Å². The second-order valence-electron chi connectivity index (χ2n) is 4.59. The van der Waals surface area contributed by atoms with Crippen LogP contribution in [0.4, 0.5) is 13.2 Å². The average molecular weight is 326 g/mol. The Morgan fingerprint density at radius 1 is 1.14 bits per heavy atom. The van der Waals surface area contributed by atoms with Gasteiger partial charge in [0, 0.05) is 6.54 Å². The lowest BCUT2D eigenvalue weighted by molar-refractivity contribution is -0.175. The van der Waals surface area contributed by atoms with Gasteiger partial charge in [0.05, 0.1) is 6.42 Å². The molecule has 22 heavy (non-hydrogen) atoms. The van der Waals surface area contributed by atoms with Crippen LogP contribution in [-0.4, -0.2) is 47.4 Å². The van der Waals surface area contributed by atoms with E-state index < -0.39 is 30.0 Å². The monoisotopic (exact) mass is 326 g/mol. The predicted molar refractivity (Wildman–Crippen MR) is 67.8 cm³/mol. The zero-order valence-electron chi connectivity index (χ0n) is 11.8. The van der Waals surface area contributed by atoms with E-state index in [1.165, 1.54) is 12.2 Å². The number of hydrogen-bond acceptors (Lipinski definition) is 4. The summed E-state index contributed by atoms with van der Waals surface area (Å²) < 4.78 is 36.1. The fraction of sp³-hybridized carbons (Fsp3) is 0.667. The lowest BCUT2D eigenvalue weighted by Gasteiger charge is -2.15. The molecule has 0 saturated carbocycles. The summed E-state index contributed by atoms with van der Waals surface area (Å²) in [7, 11) is 0. The molecule has 1 atom stereocenters. The zero-order valence-corrected chi connectivity index (χ0v) is 11.8. The molecule has 0 rings (SSSR count). The highest BCUT2D eigenvalue weighted by Crippen LogP contribution is 2.15. The van der Waals surface area contributed by atoms with Crippen molar-refractivity contribution in [2.24, 2.45) is 0 Å². The number of Topliss-reactive ketones (excluding diaryl/α,β-unsaturated/α-hetero) is 1. The van der Waals surface area contributed by atoms with Gasteiger partial charge in [-0.1, -0.05) is 0 Å². The molecular formula is C12H17F3N2O5. The second-order valence-corrected chi connectivity index (χ2v) is 4.59. The molecule has 0 saturated heterocycles. The van der Waals surface area contributed by atoms with Gasteiger partial charge < -0.3 is 15.7 Å². The summed E-state index contributed by atoms with van der Waals surface area (Å²) in [6.07, 6.45) is -5.14. The first-order valence-electron chi connectivity index (χ1n) is 6.40. The number of rotatable bonds is 9. The molecule has 0 bridgehead atoms. The molecule has 1 unspecified atom stereocenters. The summed E-state index contributed by atoms with van der Waals surface area (Å²) in [6, 6.07) is -1.65. The summed E-state index contributed by atoms with van der Waals surface area (Å²) >= 11 is 0. The Morgan fingerprint density at radius 2 is 1.73 bits per heavy atom. The summed E-state index contributed by atoms with van der Waals surface area (Å²) in [5.41, 5.74) is 0. The number of unbranched alkanes of at least 4 members (excludes halogenated alkanes) is 1. The van der Waals surface area contributed by atoms with Gasteiger partial charge in [-0.15, -0.1) is 0 Å². The number of carboxylic acid groups (broad SMARTS) is 1. The Hall–Kier alpha value is -2.13. The lowest BCUT2D eigenvalue weighted by Crippen LogP contribution is -2.46. The number of aliphatic carboxylic acids is 1. The van der Waals surface area contributed by atoms with E-state index >= 15 is 0 Å². The van der Waals surface area contributed by atoms with Crippen molar-refractivity contribution in [3.05, 3.63) is 0 Å². The van der Waals surface area contributed by atoms with Crippen molar-refractivity contribution < 1.29 is 37.5 Å². The Balaban J connectivity index is 4.08. The fourth-order valence-corrected chi connectivity index (χ4v) is 1.49. The quantitative estimate of drug-likeness (QED) is 0.419. The maximum atomic E-state index is 12.0. The van der Waals surface area contributed by atoms with Gasteiger partial charge in [0.1, 0.15) is 11.8 Å². The molecule has 0 fully saturated rings. The minimum Gasteiger partial charge on any atom is -0.480 e. The average Bonchev–Trinajstić information content (AvgIpc) is 2.34. The third-order valence-electron chi connectivity index (χ3n) is 2.51. The van der Waals surface area contributed by atoms with Gasteiger partial charge in [0.2, 0.25) is 5.91 Å². The van der Waals surface area contributed by atoms with Crippen molar-refractivity contribution in [2.75, 3.05) is 6.54 Å². The van der Waals surface area contributed by atoms with E-state index in [1.54, 1.807) is 0 Å². The van der Waals surface area contributed by atoms with Crippen LogP contribution in [0.25, 0.3) is 0 Å². The van der Waals surface area contributed by atoms with Crippen molar-refractivity contribution in [3.8, 4) is 0 Å². The van der Waals surface area contributed by atoms with Crippen LogP contribution in [0.1, 0.15) is 32.6 Å². The number of hydrogen-bond donors (Lipinski definition) is 3. The third kappa shape index (κ3) is 8.93. The summed E-state index contributed by atoms with van der Waals surface area (Å²) in [5, 5.41) is 12.5. The van der Waals surface area contributed by atoms with E-state index in [0.29, 0.717) is 6.42 Å². The van der Waals surface area contributed by atoms with E-state index in [2.05, 4.69) is 5.32 Å². The molecule has 7 nitrogen and oxygen atoms in total. The topological polar surface area (TPSA) is 113 Å². The van der Waals surface area contributed by atoms with E-state index in [1.807, 2.05) is 0 Å². The number of halogens is 3. The standard InChI is InChI=1S/C12H17F3N2O5/c1-7(18)6-9(19)16-5-3-2-4-8(10(20)21)17-11(22)12(13,14)15/h8H,2-6H2,1H3,(H,16,19)(H,17,22)(H,20,21). The van der Waals surface area contributed by atoms with Crippen LogP contribution < -0.4 is 10.6 Å². The third-order valence-corrected chi connectivity index (χ3v) is 2.51. The number of carbonyl (C=O) groups is 4. The normalized spacial score (nSPS) is 12.4. The van der Waals surface area contributed by atoms with Crippen LogP contribution in [0.15, 0.2) is 0 Å². The molecule has 10 heteroatoms. The minimum absolute atomic E-state index is 0.158. The highest BCUT2D eigenvalue weighted by Gasteiger charge is 2.40. The van der Waals surface area contributed by atoms with Gasteiger partial charge in [-0.2, -0.15) is 13.2 Å². The number of alkyl halides is 3. The molecule has 0 aromatic rings. The first-order valence-corrected chi connectivity index (χ1v) is 6.40. The summed E-state index contributed by atoms with van der Waals surface area (Å²) in [5.74, 6) is -4.67. The number of ketones is 1. The van der Waals surface area contributed by atoms with Crippen LogP contribution in [-0.2, 0) is 19.2 Å². The maximum absolute atomic E-state index is 12.0. The molecule has 0 aliphatic heterocycles. The van der Waals surface area contributed by atoms with Crippen molar-refractivity contribution >= 4 is 23.6 Å². The van der Waals surface area contributed by atoms with Crippen molar-refractivity contribution in [1.29, 1.82) is 0 Å². The molecular weight excluding hydrogens is 309 g/mol. The molecule has 0 aromatic heterocycles. The summed E-state index contributed by atoms with van der Waals surface area (Å²) in [4.78, 5) is 43.2. The zero-order chi connectivity index (χ0) is 17.3.